The number of phenolic OH excluding ortho intramolecular Hbond substituents is 1. The van der Waals surface area contributed by atoms with Crippen molar-refractivity contribution in [2.45, 2.75) is 81.0 Å². The minimum absolute atomic E-state index is 0.0256. The fraction of sp³-hybridized carbons (Fsp3) is 0.593. The predicted molar refractivity (Wildman–Crippen MR) is 137 cm³/mol. The van der Waals surface area contributed by atoms with E-state index in [-0.39, 0.29) is 17.1 Å². The summed E-state index contributed by atoms with van der Waals surface area (Å²) in [5.74, 6) is -0.577. The van der Waals surface area contributed by atoms with Crippen LogP contribution in [0.1, 0.15) is 26.7 Å². The van der Waals surface area contributed by atoms with Crippen molar-refractivity contribution in [3.05, 3.63) is 48.6 Å². The summed E-state index contributed by atoms with van der Waals surface area (Å²) in [6.45, 7) is 4.85. The SMILES string of the molecule is C=C[C@@](C)(O)CC/C=C(\C)C(=O)OC[C@@]1(O)CO[C@@H](O[C@H]2[C@H](Oc3ccc(O)cc3)O[C@H](CO)[C@@H](O)[C@@H]2O)[C@@H]1O. The lowest BCUT2D eigenvalue weighted by Crippen LogP contribution is -2.62. The quantitative estimate of drug-likeness (QED) is 0.0940. The van der Waals surface area contributed by atoms with Crippen molar-refractivity contribution in [3.63, 3.8) is 0 Å². The number of rotatable bonds is 12. The predicted octanol–water partition coefficient (Wildman–Crippen LogP) is -0.750. The third-order valence-electron chi connectivity index (χ3n) is 6.83. The largest absolute Gasteiger partial charge is 0.508 e. The molecule has 13 heteroatoms. The molecule has 0 bridgehead atoms. The van der Waals surface area contributed by atoms with Crippen LogP contribution in [0.25, 0.3) is 0 Å². The van der Waals surface area contributed by atoms with Crippen molar-refractivity contribution in [2.75, 3.05) is 19.8 Å². The first-order chi connectivity index (χ1) is 18.8. The van der Waals surface area contributed by atoms with E-state index in [9.17, 15) is 40.5 Å². The van der Waals surface area contributed by atoms with E-state index in [0.717, 1.165) is 0 Å². The van der Waals surface area contributed by atoms with Crippen LogP contribution >= 0.6 is 0 Å². The Hall–Kier alpha value is -2.59. The van der Waals surface area contributed by atoms with E-state index in [4.69, 9.17) is 23.7 Å². The highest BCUT2D eigenvalue weighted by atomic mass is 16.8. The summed E-state index contributed by atoms with van der Waals surface area (Å²) in [5.41, 5.74) is -2.92. The molecule has 2 aliphatic rings. The highest BCUT2D eigenvalue weighted by Gasteiger charge is 2.54. The van der Waals surface area contributed by atoms with Gasteiger partial charge >= 0.3 is 5.97 Å². The summed E-state index contributed by atoms with van der Waals surface area (Å²) in [5, 5.41) is 71.7. The van der Waals surface area contributed by atoms with E-state index in [1.165, 1.54) is 37.3 Å². The second-order valence-electron chi connectivity index (χ2n) is 10.2. The standard InChI is InChI=1S/C27H38O13/c1-4-26(3,34)11-5-6-15(2)23(33)36-13-27(35)14-37-25(22(27)32)40-21-20(31)19(30)18(12-28)39-24(21)38-17-9-7-16(29)8-10-17/h4,6-10,18-22,24-25,28-32,34-35H,1,5,11-14H2,2-3H3/b15-6+/t18-,19-,20+,21-,22+,24-,25+,26-,27-/m1/s1. The van der Waals surface area contributed by atoms with E-state index >= 15 is 0 Å². The molecule has 0 aromatic heterocycles. The molecule has 7 N–H and O–H groups in total. The number of allylic oxidation sites excluding steroid dienone is 1. The Morgan fingerprint density at radius 3 is 2.50 bits per heavy atom. The Balaban J connectivity index is 1.63. The molecule has 40 heavy (non-hydrogen) atoms. The van der Waals surface area contributed by atoms with Crippen LogP contribution in [0, 0.1) is 0 Å². The number of benzene rings is 1. The van der Waals surface area contributed by atoms with Gasteiger partial charge in [0.1, 0.15) is 42.5 Å². The molecule has 1 aromatic rings. The summed E-state index contributed by atoms with van der Waals surface area (Å²) in [4.78, 5) is 12.4. The monoisotopic (exact) mass is 570 g/mol. The molecule has 2 saturated heterocycles. The molecule has 0 radical (unpaired) electrons. The number of hydrogen-bond donors (Lipinski definition) is 7. The van der Waals surface area contributed by atoms with Crippen LogP contribution in [0.15, 0.2) is 48.6 Å². The van der Waals surface area contributed by atoms with Crippen LogP contribution in [0.2, 0.25) is 0 Å². The molecule has 2 heterocycles. The number of hydrogen-bond acceptors (Lipinski definition) is 13. The molecule has 2 fully saturated rings. The molecule has 3 rings (SSSR count). The van der Waals surface area contributed by atoms with Gasteiger partial charge in [-0.25, -0.2) is 4.79 Å². The first-order valence-electron chi connectivity index (χ1n) is 12.8. The van der Waals surface area contributed by atoms with E-state index in [1.54, 1.807) is 13.0 Å². The van der Waals surface area contributed by atoms with Crippen LogP contribution in [0.3, 0.4) is 0 Å². The summed E-state index contributed by atoms with van der Waals surface area (Å²) < 4.78 is 27.5. The maximum atomic E-state index is 12.4. The molecule has 2 aliphatic heterocycles. The van der Waals surface area contributed by atoms with Gasteiger partial charge in [0.2, 0.25) is 6.29 Å². The van der Waals surface area contributed by atoms with Crippen LogP contribution in [0.4, 0.5) is 0 Å². The van der Waals surface area contributed by atoms with Crippen LogP contribution in [-0.4, -0.2) is 116 Å². The first-order valence-corrected chi connectivity index (χ1v) is 12.8. The fourth-order valence-electron chi connectivity index (χ4n) is 4.08. The van der Waals surface area contributed by atoms with Crippen molar-refractivity contribution >= 4 is 5.97 Å². The van der Waals surface area contributed by atoms with Gasteiger partial charge in [-0.2, -0.15) is 0 Å². The van der Waals surface area contributed by atoms with Crippen LogP contribution in [0.5, 0.6) is 11.5 Å². The number of carbonyl (C=O) groups is 1. The molecule has 9 atom stereocenters. The highest BCUT2D eigenvalue weighted by molar-refractivity contribution is 5.87. The van der Waals surface area contributed by atoms with Crippen molar-refractivity contribution < 1.29 is 64.2 Å². The lowest BCUT2D eigenvalue weighted by Gasteiger charge is -2.42. The zero-order valence-electron chi connectivity index (χ0n) is 22.3. The maximum absolute atomic E-state index is 12.4. The van der Waals surface area contributed by atoms with Crippen molar-refractivity contribution in [2.24, 2.45) is 0 Å². The topological polar surface area (TPSA) is 205 Å². The lowest BCUT2D eigenvalue weighted by atomic mass is 9.98. The number of phenols is 1. The van der Waals surface area contributed by atoms with Gasteiger partial charge in [-0.1, -0.05) is 12.2 Å². The first kappa shape index (κ1) is 31.9. The van der Waals surface area contributed by atoms with Gasteiger partial charge in [-0.3, -0.25) is 0 Å². The van der Waals surface area contributed by atoms with Crippen molar-refractivity contribution in [3.8, 4) is 11.5 Å². The third kappa shape index (κ3) is 7.78. The number of carbonyl (C=O) groups excluding carboxylic acids is 1. The summed E-state index contributed by atoms with van der Waals surface area (Å²) in [7, 11) is 0. The summed E-state index contributed by atoms with van der Waals surface area (Å²) >= 11 is 0. The van der Waals surface area contributed by atoms with E-state index < -0.39 is 80.1 Å². The van der Waals surface area contributed by atoms with Crippen molar-refractivity contribution in [1.82, 2.24) is 0 Å². The molecule has 224 valence electrons. The Morgan fingerprint density at radius 1 is 1.20 bits per heavy atom. The van der Waals surface area contributed by atoms with Gasteiger partial charge < -0.3 is 59.4 Å². The van der Waals surface area contributed by atoms with Gasteiger partial charge in [0.15, 0.2) is 18.0 Å². The fourth-order valence-corrected chi connectivity index (χ4v) is 4.08. The number of ether oxygens (including phenoxy) is 5. The highest BCUT2D eigenvalue weighted by Crippen LogP contribution is 2.32. The average molecular weight is 571 g/mol. The second-order valence-corrected chi connectivity index (χ2v) is 10.2. The Morgan fingerprint density at radius 2 is 1.88 bits per heavy atom. The summed E-state index contributed by atoms with van der Waals surface area (Å²) in [6, 6.07) is 5.51. The van der Waals surface area contributed by atoms with Crippen LogP contribution < -0.4 is 4.74 Å². The lowest BCUT2D eigenvalue weighted by molar-refractivity contribution is -0.318. The van der Waals surface area contributed by atoms with E-state index in [0.29, 0.717) is 12.8 Å². The van der Waals surface area contributed by atoms with Gasteiger partial charge in [0.25, 0.3) is 0 Å². The Kier molecular flexibility index (Phi) is 10.7. The summed E-state index contributed by atoms with van der Waals surface area (Å²) in [6.07, 6.45) is -6.96. The zero-order valence-corrected chi connectivity index (χ0v) is 22.3. The number of aliphatic hydroxyl groups excluding tert-OH is 4. The molecule has 1 aromatic carbocycles. The molecule has 0 amide bonds. The van der Waals surface area contributed by atoms with Gasteiger partial charge in [0, 0.05) is 5.57 Å². The second kappa shape index (κ2) is 13.4. The number of aromatic hydroxyl groups is 1. The smallest absolute Gasteiger partial charge is 0.333 e. The molecular formula is C27H38O13. The molecule has 0 unspecified atom stereocenters. The van der Waals surface area contributed by atoms with Gasteiger partial charge in [-0.15, -0.1) is 6.58 Å². The minimum atomic E-state index is -2.06. The Labute approximate surface area is 231 Å². The van der Waals surface area contributed by atoms with E-state index in [2.05, 4.69) is 6.58 Å². The molecule has 0 saturated carbocycles. The molecule has 13 nitrogen and oxygen atoms in total. The molecule has 0 aliphatic carbocycles. The average Bonchev–Trinajstić information content (AvgIpc) is 3.21. The maximum Gasteiger partial charge on any atom is 0.333 e. The number of aliphatic hydroxyl groups is 6. The molecule has 0 spiro atoms. The Bertz CT molecular complexity index is 1030. The normalized spacial score (nSPS) is 34.2. The van der Waals surface area contributed by atoms with E-state index in [1.807, 2.05) is 0 Å². The number of esters is 1. The third-order valence-corrected chi connectivity index (χ3v) is 6.83. The van der Waals surface area contributed by atoms with Crippen LogP contribution in [-0.2, 0) is 23.7 Å². The zero-order chi connectivity index (χ0) is 29.7. The minimum Gasteiger partial charge on any atom is -0.508 e. The van der Waals surface area contributed by atoms with Gasteiger partial charge in [0.05, 0.1) is 18.8 Å². The molecular weight excluding hydrogens is 532 g/mol. The van der Waals surface area contributed by atoms with Gasteiger partial charge in [-0.05, 0) is 51.0 Å². The van der Waals surface area contributed by atoms with Crippen molar-refractivity contribution in [1.29, 1.82) is 0 Å².